The molecule has 1 saturated carbocycles. The molecule has 10 aromatic rings. The first-order valence-electron chi connectivity index (χ1n) is 43.6. The van der Waals surface area contributed by atoms with Crippen LogP contribution in [0, 0.1) is 10.1 Å². The van der Waals surface area contributed by atoms with Crippen LogP contribution in [0.1, 0.15) is 148 Å². The van der Waals surface area contributed by atoms with Crippen molar-refractivity contribution in [2.24, 2.45) is 11.5 Å². The van der Waals surface area contributed by atoms with Crippen LogP contribution in [0.15, 0.2) is 231 Å². The van der Waals surface area contributed by atoms with Crippen molar-refractivity contribution in [2.75, 3.05) is 0 Å². The number of esters is 6. The molecule has 11 rings (SSSR count). The minimum absolute atomic E-state index is 0.0519. The van der Waals surface area contributed by atoms with Gasteiger partial charge in [-0.2, -0.15) is 0 Å². The van der Waals surface area contributed by atoms with Gasteiger partial charge in [-0.05, 0) is 135 Å². The molecule has 1 fully saturated rings. The number of benzene rings is 10. The van der Waals surface area contributed by atoms with E-state index in [1.807, 2.05) is 48.5 Å². The molecule has 11 N–H and O–H groups in total. The van der Waals surface area contributed by atoms with Crippen molar-refractivity contribution in [1.82, 2.24) is 37.2 Å². The highest BCUT2D eigenvalue weighted by Gasteiger charge is 2.37. The summed E-state index contributed by atoms with van der Waals surface area (Å²) in [5.41, 5.74) is 15.8. The van der Waals surface area contributed by atoms with E-state index >= 15 is 24.0 Å². The fourth-order valence-corrected chi connectivity index (χ4v) is 15.1. The summed E-state index contributed by atoms with van der Waals surface area (Å²) in [5.74, 6) is -13.7. The molecule has 8 amide bonds. The number of primary amides is 1. The lowest BCUT2D eigenvalue weighted by molar-refractivity contribution is -0.384. The van der Waals surface area contributed by atoms with Crippen LogP contribution in [-0.2, 0) is 141 Å². The number of carbonyl (C=O) groups is 14. The molecule has 32 nitrogen and oxygen atoms in total. The molecule has 10 aromatic carbocycles. The molecule has 0 saturated heterocycles. The molecule has 0 aromatic heterocycles. The number of hydrogen-bond donors (Lipinski definition) is 9. The summed E-state index contributed by atoms with van der Waals surface area (Å²) in [7, 11) is 0. The number of nitrogens with one attached hydrogen (secondary N) is 7. The van der Waals surface area contributed by atoms with Gasteiger partial charge in [0.05, 0.1) is 11.0 Å². The van der Waals surface area contributed by atoms with Gasteiger partial charge in [-0.25, -0.2) is 0 Å². The highest BCUT2D eigenvalue weighted by molar-refractivity contribution is 6.23. The fourth-order valence-electron chi connectivity index (χ4n) is 15.1. The Morgan fingerprint density at radius 2 is 0.634 bits per heavy atom. The topological polar surface area (TPSA) is 474 Å². The average molecular weight is 1790 g/mol. The molecular formula is C99H106N10O22. The lowest BCUT2D eigenvalue weighted by atomic mass is 9.90. The van der Waals surface area contributed by atoms with Crippen LogP contribution in [0.4, 0.5) is 5.69 Å². The summed E-state index contributed by atoms with van der Waals surface area (Å²) in [5, 5.41) is 35.6. The van der Waals surface area contributed by atoms with Gasteiger partial charge in [0.2, 0.25) is 47.3 Å². The lowest BCUT2D eigenvalue weighted by Gasteiger charge is -2.28. The zero-order valence-corrected chi connectivity index (χ0v) is 72.2. The van der Waals surface area contributed by atoms with E-state index in [1.165, 1.54) is 12.1 Å². The Labute approximate surface area is 755 Å². The van der Waals surface area contributed by atoms with Gasteiger partial charge in [0, 0.05) is 63.5 Å². The van der Waals surface area contributed by atoms with Gasteiger partial charge in [0.15, 0.2) is 0 Å². The van der Waals surface area contributed by atoms with Crippen LogP contribution < -0.4 is 48.7 Å². The number of carbonyl (C=O) groups excluding carboxylic acids is 14. The van der Waals surface area contributed by atoms with Crippen molar-refractivity contribution in [2.45, 2.75) is 209 Å². The summed E-state index contributed by atoms with van der Waals surface area (Å²) in [4.78, 5) is 213. The number of rotatable bonds is 49. The van der Waals surface area contributed by atoms with E-state index < -0.39 is 213 Å². The van der Waals surface area contributed by atoms with Crippen LogP contribution in [-0.4, -0.2) is 142 Å². The van der Waals surface area contributed by atoms with Crippen molar-refractivity contribution >= 4 is 121 Å². The van der Waals surface area contributed by atoms with Crippen molar-refractivity contribution in [3.05, 3.63) is 280 Å². The number of nitrogens with two attached hydrogens (primary N) is 2. The largest absolute Gasteiger partial charge is 0.462 e. The number of non-ortho nitro benzene ring substituents is 1. The first-order valence-corrected chi connectivity index (χ1v) is 43.6. The van der Waals surface area contributed by atoms with Crippen LogP contribution in [0.25, 0.3) is 32.3 Å². The first-order chi connectivity index (χ1) is 63.3. The van der Waals surface area contributed by atoms with E-state index in [2.05, 4.69) is 37.2 Å². The zero-order chi connectivity index (χ0) is 93.0. The quantitative estimate of drug-likeness (QED) is 0.00563. The number of amides is 8. The van der Waals surface area contributed by atoms with E-state index in [-0.39, 0.29) is 63.5 Å². The van der Waals surface area contributed by atoms with Crippen LogP contribution >= 0.6 is 0 Å². The second-order valence-corrected chi connectivity index (χ2v) is 32.1. The van der Waals surface area contributed by atoms with Crippen molar-refractivity contribution in [1.29, 1.82) is 0 Å². The molecule has 0 radical (unpaired) electrons. The Bertz CT molecular complexity index is 5580. The molecule has 0 aliphatic heterocycles. The normalized spacial score (nSPS) is 13.7. The maximum Gasteiger partial charge on any atom is 0.306 e. The molecule has 1 aliphatic carbocycles. The van der Waals surface area contributed by atoms with E-state index in [0.717, 1.165) is 58.3 Å². The highest BCUT2D eigenvalue weighted by Crippen LogP contribution is 2.37. The predicted molar refractivity (Wildman–Crippen MR) is 481 cm³/mol. The van der Waals surface area contributed by atoms with Gasteiger partial charge in [0.1, 0.15) is 81.4 Å². The minimum atomic E-state index is -1.95. The Balaban J connectivity index is 0.906. The molecule has 0 bridgehead atoms. The number of nitrogens with zero attached hydrogens (tertiary/aromatic N) is 1. The summed E-state index contributed by atoms with van der Waals surface area (Å²) in [6.07, 6.45) is -3.75. The molecule has 32 heteroatoms. The SMILES string of the molecule is NC(=O)[C@H](CCC(=O)OCc1ccccc1)NC(=O)[C@H](CCC(=O)OCc1ccccc1)NC(=O)[C@H](CCC(=O)OCc1ccccc1)NC(=O)[C@H](CCC(=O)OCc1ccccc1)NC(=O)[C@H](Cc1ccc([N+](=O)[O-])cc1)NC(=O)[C@H](CCC(=O)OC1CCCCC1)NC(=O)[C@H](Cc1ccc2ccc3cccc4ccc1c2c34)NC(=O)[C@@H](N)CCC(=O)OCc1ccccc1. The monoisotopic (exact) mass is 1790 g/mol. The van der Waals surface area contributed by atoms with E-state index in [9.17, 15) is 53.3 Å². The van der Waals surface area contributed by atoms with Crippen molar-refractivity contribution < 1.29 is 100 Å². The van der Waals surface area contributed by atoms with Crippen molar-refractivity contribution in [3.63, 3.8) is 0 Å². The zero-order valence-electron chi connectivity index (χ0n) is 72.2. The maximum atomic E-state index is 15.7. The van der Waals surface area contributed by atoms with Crippen LogP contribution in [0.3, 0.4) is 0 Å². The van der Waals surface area contributed by atoms with Crippen LogP contribution in [0.5, 0.6) is 0 Å². The number of ether oxygens (including phenoxy) is 6. The Hall–Kier alpha value is -14.8. The molecule has 1 aliphatic rings. The first kappa shape index (κ1) is 96.8. The minimum Gasteiger partial charge on any atom is -0.462 e. The number of hydrogen-bond acceptors (Lipinski definition) is 23. The van der Waals surface area contributed by atoms with Gasteiger partial charge in [-0.1, -0.05) is 225 Å². The second-order valence-electron chi connectivity index (χ2n) is 32.1. The van der Waals surface area contributed by atoms with Gasteiger partial charge in [-0.3, -0.25) is 77.2 Å². The fraction of sp³-hybridized carbons (Fsp3) is 0.333. The second kappa shape index (κ2) is 49.5. The third-order valence-corrected chi connectivity index (χ3v) is 22.3. The van der Waals surface area contributed by atoms with E-state index in [1.54, 1.807) is 158 Å². The van der Waals surface area contributed by atoms with E-state index in [0.29, 0.717) is 51.6 Å². The van der Waals surface area contributed by atoms with Gasteiger partial charge in [-0.15, -0.1) is 0 Å². The summed E-state index contributed by atoms with van der Waals surface area (Å²) in [6, 6.07) is 51.3. The summed E-state index contributed by atoms with van der Waals surface area (Å²) < 4.78 is 33.5. The molecule has 0 heterocycles. The number of nitro groups is 1. The predicted octanol–water partition coefficient (Wildman–Crippen LogP) is 9.76. The Morgan fingerprint density at radius 1 is 0.321 bits per heavy atom. The van der Waals surface area contributed by atoms with Crippen molar-refractivity contribution in [3.8, 4) is 0 Å². The molecule has 0 unspecified atom stereocenters. The third-order valence-electron chi connectivity index (χ3n) is 22.3. The Morgan fingerprint density at radius 3 is 1.02 bits per heavy atom. The highest BCUT2D eigenvalue weighted by atomic mass is 16.6. The third kappa shape index (κ3) is 30.7. The molecule has 131 heavy (non-hydrogen) atoms. The Kier molecular flexibility index (Phi) is 36.6. The standard InChI is InChI=1S/C99H106N10O22/c100-76(44-50-84(110)126-58-64-20-7-1-8-21-64)93(117)107-83(57-72-39-38-71-37-36-69-30-19-31-70-40-43-75(72)91(71)90(69)70)99(123)106-81(49-55-89(115)131-74-32-17-6-18-33-74)97(121)108-82(56-63-34-41-73(42-35-63)109(124)125)98(122)105-80(48-54-88(114)130-62-68-28-15-5-16-29-68)96(120)104-79(47-53-87(113)129-61-67-26-13-4-14-27-67)95(119)103-78(46-52-86(112)128-60-66-24-11-3-12-25-66)94(118)102-77(92(101)116)45-51-85(111)127-59-65-22-9-2-10-23-65/h1-5,7-16,19-31,34-43,74,76-83H,6,17-18,32-33,44-62,100H2,(H2,101,116)(H,102,118)(H,103,119)(H,104,120)(H,105,122)(H,106,123)(H,107,117)(H,108,121)/t76-,77-,78-,79-,80-,81-,82-,83-/m0/s1. The molecular weight excluding hydrogens is 1680 g/mol. The van der Waals surface area contributed by atoms with Crippen LogP contribution in [0.2, 0.25) is 0 Å². The van der Waals surface area contributed by atoms with E-state index in [4.69, 9.17) is 39.9 Å². The molecule has 0 spiro atoms. The summed E-state index contributed by atoms with van der Waals surface area (Å²) >= 11 is 0. The van der Waals surface area contributed by atoms with Gasteiger partial charge in [0.25, 0.3) is 5.69 Å². The maximum absolute atomic E-state index is 15.7. The lowest BCUT2D eigenvalue weighted by Crippen LogP contribution is -2.60. The smallest absolute Gasteiger partial charge is 0.306 e. The molecule has 8 atom stereocenters. The van der Waals surface area contributed by atoms with Gasteiger partial charge >= 0.3 is 35.8 Å². The average Bonchev–Trinajstić information content (AvgIpc) is 0.738. The number of nitro benzene ring substituents is 1. The summed E-state index contributed by atoms with van der Waals surface area (Å²) in [6.45, 7) is -0.856. The molecule has 684 valence electrons. The van der Waals surface area contributed by atoms with Gasteiger partial charge < -0.3 is 77.1 Å².